The van der Waals surface area contributed by atoms with E-state index < -0.39 is 9.04 Å². The van der Waals surface area contributed by atoms with Gasteiger partial charge >= 0.3 is 0 Å². The van der Waals surface area contributed by atoms with Crippen LogP contribution in [0.2, 0.25) is 13.1 Å². The Bertz CT molecular complexity index is 1500. The summed E-state index contributed by atoms with van der Waals surface area (Å²) in [6.45, 7) is 13.7. The van der Waals surface area contributed by atoms with Crippen molar-refractivity contribution < 1.29 is 9.22 Å². The summed E-state index contributed by atoms with van der Waals surface area (Å²) in [5, 5.41) is 1.32. The van der Waals surface area contributed by atoms with Gasteiger partial charge < -0.3 is 8.99 Å². The third-order valence-electron chi connectivity index (χ3n) is 6.32. The average molecular weight is 533 g/mol. The first-order valence-electron chi connectivity index (χ1n) is 12.4. The zero-order chi connectivity index (χ0) is 26.9. The molecule has 0 N–H and O–H groups in total. The predicted molar refractivity (Wildman–Crippen MR) is 154 cm³/mol. The quantitative estimate of drug-likeness (QED) is 0.118. The minimum Gasteiger partial charge on any atom is -0.542 e. The van der Waals surface area contributed by atoms with Gasteiger partial charge in [-0.25, -0.2) is 4.98 Å². The molecule has 0 bridgehead atoms. The highest BCUT2D eigenvalue weighted by Crippen LogP contribution is 2.30. The van der Waals surface area contributed by atoms with E-state index in [1.807, 2.05) is 72.5 Å². The van der Waals surface area contributed by atoms with E-state index in [0.29, 0.717) is 46.2 Å². The van der Waals surface area contributed by atoms with Gasteiger partial charge in [-0.2, -0.15) is 0 Å². The van der Waals surface area contributed by atoms with Gasteiger partial charge in [0.2, 0.25) is 0 Å². The van der Waals surface area contributed by atoms with Crippen molar-refractivity contribution >= 4 is 37.6 Å². The molecule has 2 heterocycles. The fourth-order valence-electron chi connectivity index (χ4n) is 4.30. The van der Waals surface area contributed by atoms with Crippen LogP contribution in [0.3, 0.4) is 0 Å². The molecule has 0 aliphatic carbocycles. The molecule has 6 nitrogen and oxygen atoms in total. The molecule has 0 aliphatic heterocycles. The highest BCUT2D eigenvalue weighted by Gasteiger charge is 2.21. The van der Waals surface area contributed by atoms with Gasteiger partial charge in [-0.3, -0.25) is 14.2 Å². The van der Waals surface area contributed by atoms with Crippen LogP contribution in [0.1, 0.15) is 54.7 Å². The minimum atomic E-state index is -1.04. The van der Waals surface area contributed by atoms with E-state index in [4.69, 9.17) is 9.41 Å². The second-order valence-corrected chi connectivity index (χ2v) is 13.1. The Hall–Kier alpha value is -3.10. The largest absolute Gasteiger partial charge is 0.542 e. The minimum absolute atomic E-state index is 0.0179. The predicted octanol–water partition coefficient (Wildman–Crippen LogP) is 6.15. The van der Waals surface area contributed by atoms with E-state index in [9.17, 15) is 9.59 Å². The van der Waals surface area contributed by atoms with Crippen LogP contribution >= 0.6 is 11.8 Å². The molecule has 0 atom stereocenters. The van der Waals surface area contributed by atoms with Crippen molar-refractivity contribution in [3.63, 3.8) is 0 Å². The van der Waals surface area contributed by atoms with Crippen LogP contribution in [-0.4, -0.2) is 35.2 Å². The lowest BCUT2D eigenvalue weighted by atomic mass is 9.86. The molecule has 4 rings (SSSR count). The van der Waals surface area contributed by atoms with Gasteiger partial charge in [-0.05, 0) is 61.0 Å². The van der Waals surface area contributed by atoms with Gasteiger partial charge in [0, 0.05) is 24.8 Å². The molecule has 0 amide bonds. The highest BCUT2D eigenvalue weighted by molar-refractivity contribution is 7.98. The first-order chi connectivity index (χ1) is 17.5. The van der Waals surface area contributed by atoms with Gasteiger partial charge in [0.05, 0.1) is 10.9 Å². The number of benzene rings is 2. The van der Waals surface area contributed by atoms with Crippen molar-refractivity contribution in [2.75, 3.05) is 6.26 Å². The Labute approximate surface area is 224 Å². The third kappa shape index (κ3) is 5.60. The SMILES string of the molecule is CCn1c(SC)nc2c(ccn2Cc2ccc(C(=O)c3ccc(C(C)(C)C)cc3O[Si](C)C)cc2)c1=O. The summed E-state index contributed by atoms with van der Waals surface area (Å²) in [6.07, 6.45) is 3.83. The molecule has 0 aliphatic rings. The molecule has 0 unspecified atom stereocenters. The Balaban J connectivity index is 1.62. The van der Waals surface area contributed by atoms with E-state index in [-0.39, 0.29) is 16.8 Å². The summed E-state index contributed by atoms with van der Waals surface area (Å²) in [7, 11) is -1.04. The van der Waals surface area contributed by atoms with Crippen LogP contribution in [0.25, 0.3) is 11.0 Å². The average Bonchev–Trinajstić information content (AvgIpc) is 3.25. The van der Waals surface area contributed by atoms with Gasteiger partial charge in [-0.15, -0.1) is 0 Å². The topological polar surface area (TPSA) is 66.1 Å². The van der Waals surface area contributed by atoms with Crippen molar-refractivity contribution in [3.8, 4) is 5.75 Å². The smallest absolute Gasteiger partial charge is 0.274 e. The van der Waals surface area contributed by atoms with Gasteiger partial charge in [0.1, 0.15) is 11.4 Å². The number of rotatable bonds is 8. The maximum Gasteiger partial charge on any atom is 0.274 e. The summed E-state index contributed by atoms with van der Waals surface area (Å²) < 4.78 is 9.83. The summed E-state index contributed by atoms with van der Waals surface area (Å²) in [4.78, 5) is 31.1. The number of carbonyl (C=O) groups excluding carboxylic acids is 1. The number of hydrogen-bond acceptors (Lipinski definition) is 5. The normalized spacial score (nSPS) is 11.9. The number of thioether (sulfide) groups is 1. The molecule has 0 spiro atoms. The van der Waals surface area contributed by atoms with Crippen molar-refractivity contribution in [2.24, 2.45) is 0 Å². The maximum absolute atomic E-state index is 13.5. The number of nitrogens with zero attached hydrogens (tertiary/aromatic N) is 3. The zero-order valence-electron chi connectivity index (χ0n) is 22.6. The van der Waals surface area contributed by atoms with E-state index in [0.717, 1.165) is 11.1 Å². The van der Waals surface area contributed by atoms with E-state index in [2.05, 4.69) is 33.9 Å². The van der Waals surface area contributed by atoms with Crippen LogP contribution < -0.4 is 9.99 Å². The molecule has 0 saturated carbocycles. The molecule has 4 aromatic rings. The standard InChI is InChI=1S/C29H34N3O3SSi/c1-8-32-27(34)23-15-16-31(26(23)30-28(32)36-5)18-19-9-11-20(12-10-19)25(33)22-14-13-21(29(2,3)4)17-24(22)35-37(6)7/h9-17H,8,18H2,1-7H3. The summed E-state index contributed by atoms with van der Waals surface area (Å²) in [6, 6.07) is 15.4. The van der Waals surface area contributed by atoms with E-state index in [1.54, 1.807) is 4.57 Å². The molecular formula is C29H34N3O3SSi. The lowest BCUT2D eigenvalue weighted by Crippen LogP contribution is -2.22. The van der Waals surface area contributed by atoms with Gasteiger partial charge in [0.15, 0.2) is 10.9 Å². The Kier molecular flexibility index (Phi) is 7.80. The lowest BCUT2D eigenvalue weighted by molar-refractivity contribution is 0.103. The maximum atomic E-state index is 13.5. The fourth-order valence-corrected chi connectivity index (χ4v) is 5.51. The van der Waals surface area contributed by atoms with Crippen LogP contribution in [0.5, 0.6) is 5.75 Å². The summed E-state index contributed by atoms with van der Waals surface area (Å²) in [5.41, 5.74) is 3.99. The molecule has 0 fully saturated rings. The number of carbonyl (C=O) groups is 1. The van der Waals surface area contributed by atoms with Crippen molar-refractivity contribution in [1.29, 1.82) is 0 Å². The third-order valence-corrected chi connectivity index (χ3v) is 7.62. The van der Waals surface area contributed by atoms with Gasteiger partial charge in [0.25, 0.3) is 14.6 Å². The molecule has 2 aromatic carbocycles. The summed E-state index contributed by atoms with van der Waals surface area (Å²) in [5.74, 6) is 0.607. The summed E-state index contributed by atoms with van der Waals surface area (Å²) >= 11 is 1.47. The molecule has 8 heteroatoms. The van der Waals surface area contributed by atoms with Crippen molar-refractivity contribution in [3.05, 3.63) is 87.3 Å². The molecular weight excluding hydrogens is 498 g/mol. The van der Waals surface area contributed by atoms with Gasteiger partial charge in [-0.1, -0.05) is 62.9 Å². The Morgan fingerprint density at radius 3 is 2.38 bits per heavy atom. The highest BCUT2D eigenvalue weighted by atomic mass is 32.2. The van der Waals surface area contributed by atoms with Crippen LogP contribution in [0.4, 0.5) is 0 Å². The zero-order valence-corrected chi connectivity index (χ0v) is 24.4. The second-order valence-electron chi connectivity index (χ2n) is 10.3. The number of hydrogen-bond donors (Lipinski definition) is 0. The first kappa shape index (κ1) is 26.9. The molecule has 37 heavy (non-hydrogen) atoms. The van der Waals surface area contributed by atoms with Crippen molar-refractivity contribution in [2.45, 2.75) is 64.4 Å². The van der Waals surface area contributed by atoms with Crippen LogP contribution in [0, 0.1) is 0 Å². The molecule has 1 radical (unpaired) electrons. The molecule has 0 saturated heterocycles. The molecule has 2 aromatic heterocycles. The van der Waals surface area contributed by atoms with Crippen molar-refractivity contribution in [1.82, 2.24) is 14.1 Å². The van der Waals surface area contributed by atoms with Crippen LogP contribution in [0.15, 0.2) is 64.7 Å². The molecule has 193 valence electrons. The van der Waals surface area contributed by atoms with Crippen LogP contribution in [-0.2, 0) is 18.5 Å². The number of fused-ring (bicyclic) bond motifs is 1. The number of aromatic nitrogens is 3. The lowest BCUT2D eigenvalue weighted by Gasteiger charge is -2.22. The monoisotopic (exact) mass is 532 g/mol. The Morgan fingerprint density at radius 1 is 1.08 bits per heavy atom. The number of ketones is 1. The fraction of sp³-hybridized carbons (Fsp3) is 0.345. The van der Waals surface area contributed by atoms with E-state index >= 15 is 0 Å². The second kappa shape index (κ2) is 10.7. The Morgan fingerprint density at radius 2 is 1.78 bits per heavy atom. The first-order valence-corrected chi connectivity index (χ1v) is 16.1. The van der Waals surface area contributed by atoms with E-state index in [1.165, 1.54) is 11.8 Å².